The fourth-order valence-electron chi connectivity index (χ4n) is 4.81. The van der Waals surface area contributed by atoms with Crippen molar-refractivity contribution in [1.29, 1.82) is 0 Å². The molecule has 0 radical (unpaired) electrons. The van der Waals surface area contributed by atoms with Gasteiger partial charge >= 0.3 is 0 Å². The monoisotopic (exact) mass is 709 g/mol. The Balaban J connectivity index is 1.81. The number of carbonyl (C=O) groups excluding carboxylic acids is 2. The van der Waals surface area contributed by atoms with E-state index in [-0.39, 0.29) is 40.4 Å². The third-order valence-electron chi connectivity index (χ3n) is 7.21. The van der Waals surface area contributed by atoms with Gasteiger partial charge in [0, 0.05) is 24.0 Å². The van der Waals surface area contributed by atoms with Gasteiger partial charge in [0.05, 0.1) is 15.6 Å². The Hall–Kier alpha value is -3.66. The fraction of sp³-hybridized carbons (Fsp3) is 0.257. The molecule has 0 spiro atoms. The number of amides is 2. The van der Waals surface area contributed by atoms with Crippen LogP contribution >= 0.6 is 27.5 Å². The number of hydrogen-bond acceptors (Lipinski definition) is 4. The minimum Gasteiger partial charge on any atom is -0.354 e. The van der Waals surface area contributed by atoms with Crippen molar-refractivity contribution in [1.82, 2.24) is 10.2 Å². The molecule has 0 unspecified atom stereocenters. The number of benzene rings is 4. The van der Waals surface area contributed by atoms with Gasteiger partial charge in [-0.25, -0.2) is 8.42 Å². The maximum absolute atomic E-state index is 14.5. The van der Waals surface area contributed by atoms with Crippen LogP contribution in [0, 0.1) is 12.8 Å². The van der Waals surface area contributed by atoms with Gasteiger partial charge in [-0.3, -0.25) is 13.9 Å². The molecule has 0 aliphatic heterocycles. The highest BCUT2D eigenvalue weighted by atomic mass is 79.9. The molecule has 0 fully saturated rings. The lowest BCUT2D eigenvalue weighted by Gasteiger charge is -2.34. The summed E-state index contributed by atoms with van der Waals surface area (Å²) < 4.78 is 30.1. The Morgan fingerprint density at radius 3 is 2.16 bits per heavy atom. The highest BCUT2D eigenvalue weighted by molar-refractivity contribution is 9.10. The van der Waals surface area contributed by atoms with E-state index in [0.29, 0.717) is 6.54 Å². The summed E-state index contributed by atoms with van der Waals surface area (Å²) in [7, 11) is -4.23. The van der Waals surface area contributed by atoms with E-state index in [2.05, 4.69) is 21.2 Å². The SMILES string of the molecule is Cc1ccc(S(=O)(=O)N(CC(=O)N(Cc2cccc(Br)c2)[C@@H](Cc2ccccc2)C(=O)NCC(C)C)c2ccccc2Cl)cc1. The van der Waals surface area contributed by atoms with E-state index in [4.69, 9.17) is 11.6 Å². The normalized spacial score (nSPS) is 12.0. The van der Waals surface area contributed by atoms with E-state index in [1.54, 1.807) is 36.4 Å². The maximum Gasteiger partial charge on any atom is 0.264 e. The lowest BCUT2D eigenvalue weighted by molar-refractivity contribution is -0.140. The van der Waals surface area contributed by atoms with Crippen molar-refractivity contribution in [2.45, 2.75) is 44.7 Å². The average molecular weight is 711 g/mol. The molecule has 0 aliphatic carbocycles. The van der Waals surface area contributed by atoms with Crippen LogP contribution in [0.2, 0.25) is 5.02 Å². The van der Waals surface area contributed by atoms with Crippen molar-refractivity contribution in [3.63, 3.8) is 0 Å². The molecule has 4 aromatic carbocycles. The predicted octanol–water partition coefficient (Wildman–Crippen LogP) is 7.02. The summed E-state index contributed by atoms with van der Waals surface area (Å²) in [6, 6.07) is 28.9. The third-order valence-corrected chi connectivity index (χ3v) is 9.79. The Morgan fingerprint density at radius 2 is 1.51 bits per heavy atom. The van der Waals surface area contributed by atoms with Crippen LogP contribution < -0.4 is 9.62 Å². The second kappa shape index (κ2) is 15.6. The zero-order valence-corrected chi connectivity index (χ0v) is 28.6. The second-order valence-corrected chi connectivity index (χ2v) is 14.5. The summed E-state index contributed by atoms with van der Waals surface area (Å²) in [5.74, 6) is -0.677. The molecule has 0 heterocycles. The molecular weight excluding hydrogens is 674 g/mol. The minimum absolute atomic E-state index is 0.0230. The van der Waals surface area contributed by atoms with Crippen molar-refractivity contribution >= 4 is 55.1 Å². The Bertz CT molecular complexity index is 1720. The molecule has 45 heavy (non-hydrogen) atoms. The third kappa shape index (κ3) is 9.19. The van der Waals surface area contributed by atoms with Crippen molar-refractivity contribution in [3.05, 3.63) is 129 Å². The quantitative estimate of drug-likeness (QED) is 0.162. The van der Waals surface area contributed by atoms with Crippen LogP contribution in [0.4, 0.5) is 5.69 Å². The summed E-state index contributed by atoms with van der Waals surface area (Å²) in [4.78, 5) is 29.9. The molecule has 0 saturated carbocycles. The maximum atomic E-state index is 14.5. The van der Waals surface area contributed by atoms with Gasteiger partial charge in [-0.1, -0.05) is 114 Å². The average Bonchev–Trinajstić information content (AvgIpc) is 3.01. The molecule has 10 heteroatoms. The number of nitrogens with zero attached hydrogens (tertiary/aromatic N) is 2. The van der Waals surface area contributed by atoms with Crippen LogP contribution in [-0.2, 0) is 32.6 Å². The van der Waals surface area contributed by atoms with Crippen LogP contribution in [0.15, 0.2) is 112 Å². The van der Waals surface area contributed by atoms with Crippen LogP contribution in [0.25, 0.3) is 0 Å². The number of halogens is 2. The van der Waals surface area contributed by atoms with E-state index in [1.165, 1.54) is 17.0 Å². The number of anilines is 1. The van der Waals surface area contributed by atoms with Gasteiger partial charge in [-0.05, 0) is 60.4 Å². The number of hydrogen-bond donors (Lipinski definition) is 1. The smallest absolute Gasteiger partial charge is 0.264 e. The summed E-state index contributed by atoms with van der Waals surface area (Å²) in [6.45, 7) is 5.78. The van der Waals surface area contributed by atoms with Crippen LogP contribution in [0.3, 0.4) is 0 Å². The van der Waals surface area contributed by atoms with Gasteiger partial charge in [0.25, 0.3) is 10.0 Å². The van der Waals surface area contributed by atoms with Gasteiger partial charge in [0.15, 0.2) is 0 Å². The second-order valence-electron chi connectivity index (χ2n) is 11.3. The van der Waals surface area contributed by atoms with Gasteiger partial charge in [0.1, 0.15) is 12.6 Å². The number of rotatable bonds is 13. The highest BCUT2D eigenvalue weighted by Gasteiger charge is 2.35. The molecule has 4 rings (SSSR count). The largest absolute Gasteiger partial charge is 0.354 e. The highest BCUT2D eigenvalue weighted by Crippen LogP contribution is 2.31. The Morgan fingerprint density at radius 1 is 0.867 bits per heavy atom. The van der Waals surface area contributed by atoms with Gasteiger partial charge in [0.2, 0.25) is 11.8 Å². The summed E-state index contributed by atoms with van der Waals surface area (Å²) >= 11 is 10.0. The van der Waals surface area contributed by atoms with Crippen molar-refractivity contribution in [2.24, 2.45) is 5.92 Å². The molecule has 2 amide bonds. The molecule has 0 saturated heterocycles. The van der Waals surface area contributed by atoms with Crippen molar-refractivity contribution in [2.75, 3.05) is 17.4 Å². The van der Waals surface area contributed by atoms with Gasteiger partial charge in [-0.15, -0.1) is 0 Å². The zero-order chi connectivity index (χ0) is 32.6. The van der Waals surface area contributed by atoms with E-state index < -0.39 is 28.5 Å². The summed E-state index contributed by atoms with van der Waals surface area (Å²) in [5.41, 5.74) is 2.70. The van der Waals surface area contributed by atoms with E-state index in [9.17, 15) is 18.0 Å². The molecule has 236 valence electrons. The molecule has 1 atom stereocenters. The molecule has 1 N–H and O–H groups in total. The molecule has 0 aliphatic rings. The van der Waals surface area contributed by atoms with E-state index >= 15 is 0 Å². The molecule has 7 nitrogen and oxygen atoms in total. The number of para-hydroxylation sites is 1. The summed E-state index contributed by atoms with van der Waals surface area (Å²) in [5, 5.41) is 3.17. The van der Waals surface area contributed by atoms with Crippen LogP contribution in [0.1, 0.15) is 30.5 Å². The first-order valence-electron chi connectivity index (χ1n) is 14.6. The fourth-order valence-corrected chi connectivity index (χ4v) is 6.98. The predicted molar refractivity (Wildman–Crippen MR) is 184 cm³/mol. The lowest BCUT2D eigenvalue weighted by Crippen LogP contribution is -2.53. The van der Waals surface area contributed by atoms with Crippen molar-refractivity contribution < 1.29 is 18.0 Å². The Labute approximate surface area is 279 Å². The van der Waals surface area contributed by atoms with Crippen LogP contribution in [0.5, 0.6) is 0 Å². The van der Waals surface area contributed by atoms with Gasteiger partial charge < -0.3 is 10.2 Å². The number of sulfonamides is 1. The Kier molecular flexibility index (Phi) is 11.8. The first-order valence-corrected chi connectivity index (χ1v) is 17.3. The number of carbonyl (C=O) groups is 2. The number of nitrogens with one attached hydrogen (secondary N) is 1. The van der Waals surface area contributed by atoms with Crippen LogP contribution in [-0.4, -0.2) is 44.3 Å². The molecule has 4 aromatic rings. The van der Waals surface area contributed by atoms with E-state index in [0.717, 1.165) is 25.5 Å². The first kappa shape index (κ1) is 34.2. The van der Waals surface area contributed by atoms with Gasteiger partial charge in [-0.2, -0.15) is 0 Å². The number of aryl methyl sites for hydroxylation is 1. The minimum atomic E-state index is -4.23. The standard InChI is InChI=1S/C35H37BrClN3O4S/c1-25(2)22-38-35(42)33(21-27-10-5-4-6-11-27)39(23-28-12-9-13-29(36)20-28)34(41)24-40(32-15-8-7-14-31(32)37)45(43,44)30-18-16-26(3)17-19-30/h4-20,25,33H,21-24H2,1-3H3,(H,38,42)/t33-/m0/s1. The lowest BCUT2D eigenvalue weighted by atomic mass is 10.0. The topological polar surface area (TPSA) is 86.8 Å². The first-order chi connectivity index (χ1) is 21.5. The molecule has 0 aromatic heterocycles. The molecular formula is C35H37BrClN3O4S. The summed E-state index contributed by atoms with van der Waals surface area (Å²) in [6.07, 6.45) is 0.237. The zero-order valence-electron chi connectivity index (χ0n) is 25.5. The molecule has 0 bridgehead atoms. The van der Waals surface area contributed by atoms with Crippen molar-refractivity contribution in [3.8, 4) is 0 Å². The van der Waals surface area contributed by atoms with E-state index in [1.807, 2.05) is 75.4 Å².